The number of amides is 1. The number of benzene rings is 2. The van der Waals surface area contributed by atoms with Crippen LogP contribution in [-0.4, -0.2) is 10.8 Å². The second kappa shape index (κ2) is 7.41. The molecule has 0 aliphatic carbocycles. The second-order valence-electron chi connectivity index (χ2n) is 5.51. The normalized spacial score (nSPS) is 10.6. The quantitative estimate of drug-likeness (QED) is 0.499. The van der Waals surface area contributed by atoms with E-state index in [1.54, 1.807) is 18.2 Å². The molecule has 0 saturated carbocycles. The molecule has 1 amide bonds. The SMILES string of the molecule is Cc1cc(C)c(/C=C/C(=O)NNc2ccccc2[N+](=O)[O-])cc1C. The minimum absolute atomic E-state index is 0.105. The lowest BCUT2D eigenvalue weighted by molar-refractivity contribution is -0.384. The first kappa shape index (κ1) is 17.2. The lowest BCUT2D eigenvalue weighted by Crippen LogP contribution is -2.27. The van der Waals surface area contributed by atoms with E-state index in [-0.39, 0.29) is 11.4 Å². The van der Waals surface area contributed by atoms with Crippen LogP contribution in [0.1, 0.15) is 22.3 Å². The molecule has 2 rings (SSSR count). The summed E-state index contributed by atoms with van der Waals surface area (Å²) in [4.78, 5) is 22.3. The highest BCUT2D eigenvalue weighted by molar-refractivity contribution is 5.92. The summed E-state index contributed by atoms with van der Waals surface area (Å²) in [6, 6.07) is 10.2. The topological polar surface area (TPSA) is 84.3 Å². The number of carbonyl (C=O) groups is 1. The predicted octanol–water partition coefficient (Wildman–Crippen LogP) is 3.68. The Balaban J connectivity index is 2.04. The summed E-state index contributed by atoms with van der Waals surface area (Å²) in [6.45, 7) is 6.04. The number of hydrogen-bond donors (Lipinski definition) is 2. The number of hydrogen-bond acceptors (Lipinski definition) is 4. The van der Waals surface area contributed by atoms with Gasteiger partial charge in [0.1, 0.15) is 5.69 Å². The van der Waals surface area contributed by atoms with Crippen LogP contribution >= 0.6 is 0 Å². The first-order valence-corrected chi connectivity index (χ1v) is 7.44. The third kappa shape index (κ3) is 4.19. The number of hydrazine groups is 1. The first-order chi connectivity index (χ1) is 11.4. The van der Waals surface area contributed by atoms with Crippen LogP contribution in [0.2, 0.25) is 0 Å². The highest BCUT2D eigenvalue weighted by atomic mass is 16.6. The van der Waals surface area contributed by atoms with Crippen molar-refractivity contribution in [3.8, 4) is 0 Å². The molecular formula is C18H19N3O3. The molecule has 6 nitrogen and oxygen atoms in total. The van der Waals surface area contributed by atoms with E-state index >= 15 is 0 Å². The van der Waals surface area contributed by atoms with E-state index in [0.717, 1.165) is 16.7 Å². The van der Waals surface area contributed by atoms with E-state index in [9.17, 15) is 14.9 Å². The number of aryl methyl sites for hydroxylation is 3. The number of nitrogens with one attached hydrogen (secondary N) is 2. The average molecular weight is 325 g/mol. The molecule has 6 heteroatoms. The van der Waals surface area contributed by atoms with Gasteiger partial charge in [0.2, 0.25) is 0 Å². The van der Waals surface area contributed by atoms with E-state index in [1.807, 2.05) is 26.8 Å². The van der Waals surface area contributed by atoms with Gasteiger partial charge in [0, 0.05) is 12.1 Å². The van der Waals surface area contributed by atoms with Crippen molar-refractivity contribution in [2.75, 3.05) is 5.43 Å². The zero-order chi connectivity index (χ0) is 17.7. The number of nitro groups is 1. The molecule has 0 aliphatic heterocycles. The Kier molecular flexibility index (Phi) is 5.31. The van der Waals surface area contributed by atoms with Crippen molar-refractivity contribution < 1.29 is 9.72 Å². The van der Waals surface area contributed by atoms with Crippen LogP contribution in [0.15, 0.2) is 42.5 Å². The van der Waals surface area contributed by atoms with Crippen LogP contribution in [0, 0.1) is 30.9 Å². The predicted molar refractivity (Wildman–Crippen MR) is 94.5 cm³/mol. The fourth-order valence-corrected chi connectivity index (χ4v) is 2.24. The fraction of sp³-hybridized carbons (Fsp3) is 0.167. The number of para-hydroxylation sites is 2. The van der Waals surface area contributed by atoms with Gasteiger partial charge in [0.05, 0.1) is 4.92 Å². The first-order valence-electron chi connectivity index (χ1n) is 7.44. The Morgan fingerprint density at radius 3 is 2.46 bits per heavy atom. The molecule has 0 fully saturated rings. The van der Waals surface area contributed by atoms with Gasteiger partial charge in [-0.05, 0) is 55.2 Å². The highest BCUT2D eigenvalue weighted by Crippen LogP contribution is 2.22. The fourth-order valence-electron chi connectivity index (χ4n) is 2.24. The average Bonchev–Trinajstić information content (AvgIpc) is 2.55. The Hall–Kier alpha value is -3.15. The second-order valence-corrected chi connectivity index (χ2v) is 5.51. The standard InChI is InChI=1S/C18H19N3O3/c1-12-10-14(3)15(11-13(12)2)8-9-18(22)20-19-16-6-4-5-7-17(16)21(23)24/h4-11,19H,1-3H3,(H,20,22)/b9-8+. The van der Waals surface area contributed by atoms with Crippen LogP contribution < -0.4 is 10.9 Å². The summed E-state index contributed by atoms with van der Waals surface area (Å²) in [7, 11) is 0. The van der Waals surface area contributed by atoms with Crippen molar-refractivity contribution in [2.45, 2.75) is 20.8 Å². The van der Waals surface area contributed by atoms with Crippen molar-refractivity contribution in [1.29, 1.82) is 0 Å². The number of nitrogens with zero attached hydrogens (tertiary/aromatic N) is 1. The number of nitro benzene ring substituents is 1. The smallest absolute Gasteiger partial charge is 0.292 e. The minimum Gasteiger partial charge on any atom is -0.292 e. The summed E-state index contributed by atoms with van der Waals surface area (Å²) in [5, 5.41) is 10.9. The molecule has 0 bridgehead atoms. The summed E-state index contributed by atoms with van der Waals surface area (Å²) in [5.74, 6) is -0.397. The molecule has 0 heterocycles. The van der Waals surface area contributed by atoms with Gasteiger partial charge in [-0.3, -0.25) is 25.8 Å². The largest absolute Gasteiger partial charge is 0.294 e. The van der Waals surface area contributed by atoms with Crippen molar-refractivity contribution in [3.05, 3.63) is 74.8 Å². The Morgan fingerprint density at radius 2 is 1.75 bits per heavy atom. The zero-order valence-corrected chi connectivity index (χ0v) is 13.8. The third-order valence-electron chi connectivity index (χ3n) is 3.72. The monoisotopic (exact) mass is 325 g/mol. The van der Waals surface area contributed by atoms with Crippen molar-refractivity contribution in [2.24, 2.45) is 0 Å². The maximum Gasteiger partial charge on any atom is 0.294 e. The number of rotatable bonds is 5. The van der Waals surface area contributed by atoms with Crippen LogP contribution in [0.25, 0.3) is 6.08 Å². The van der Waals surface area contributed by atoms with Gasteiger partial charge < -0.3 is 0 Å². The van der Waals surface area contributed by atoms with Crippen LogP contribution in [0.4, 0.5) is 11.4 Å². The molecule has 124 valence electrons. The summed E-state index contributed by atoms with van der Waals surface area (Å²) in [6.07, 6.45) is 3.11. The van der Waals surface area contributed by atoms with Crippen molar-refractivity contribution in [3.63, 3.8) is 0 Å². The van der Waals surface area contributed by atoms with E-state index < -0.39 is 10.8 Å². The Bertz CT molecular complexity index is 813. The maximum atomic E-state index is 11.9. The summed E-state index contributed by atoms with van der Waals surface area (Å²) in [5.41, 5.74) is 9.51. The van der Waals surface area contributed by atoms with Crippen molar-refractivity contribution in [1.82, 2.24) is 5.43 Å². The van der Waals surface area contributed by atoms with Gasteiger partial charge in [-0.2, -0.15) is 0 Å². The third-order valence-corrected chi connectivity index (χ3v) is 3.72. The minimum atomic E-state index is -0.511. The molecule has 2 aromatic rings. The van der Waals surface area contributed by atoms with E-state index in [0.29, 0.717) is 0 Å². The Morgan fingerprint density at radius 1 is 1.08 bits per heavy atom. The van der Waals surface area contributed by atoms with E-state index in [2.05, 4.69) is 16.9 Å². The number of carbonyl (C=O) groups excluding carboxylic acids is 1. The van der Waals surface area contributed by atoms with Gasteiger partial charge in [0.25, 0.3) is 11.6 Å². The molecule has 0 aromatic heterocycles. The Labute approximate surface area is 140 Å². The van der Waals surface area contributed by atoms with Crippen molar-refractivity contribution >= 4 is 23.4 Å². The molecule has 0 aliphatic rings. The summed E-state index contributed by atoms with van der Waals surface area (Å²) < 4.78 is 0. The molecule has 2 N–H and O–H groups in total. The van der Waals surface area contributed by atoms with Gasteiger partial charge in [-0.1, -0.05) is 24.3 Å². The van der Waals surface area contributed by atoms with Crippen LogP contribution in [-0.2, 0) is 4.79 Å². The molecular weight excluding hydrogens is 306 g/mol. The highest BCUT2D eigenvalue weighted by Gasteiger charge is 2.12. The van der Waals surface area contributed by atoms with Gasteiger partial charge in [-0.15, -0.1) is 0 Å². The van der Waals surface area contributed by atoms with E-state index in [1.165, 1.54) is 23.8 Å². The molecule has 0 radical (unpaired) electrons. The van der Waals surface area contributed by atoms with Gasteiger partial charge >= 0.3 is 0 Å². The summed E-state index contributed by atoms with van der Waals surface area (Å²) >= 11 is 0. The molecule has 0 atom stereocenters. The van der Waals surface area contributed by atoms with E-state index in [4.69, 9.17) is 0 Å². The molecule has 2 aromatic carbocycles. The lowest BCUT2D eigenvalue weighted by Gasteiger charge is -2.08. The zero-order valence-electron chi connectivity index (χ0n) is 13.8. The van der Waals surface area contributed by atoms with Crippen LogP contribution in [0.5, 0.6) is 0 Å². The molecule has 0 spiro atoms. The van der Waals surface area contributed by atoms with Gasteiger partial charge in [-0.25, -0.2) is 0 Å². The molecule has 0 saturated heterocycles. The lowest BCUT2D eigenvalue weighted by atomic mass is 10.0. The van der Waals surface area contributed by atoms with Gasteiger partial charge in [0.15, 0.2) is 0 Å². The van der Waals surface area contributed by atoms with Crippen LogP contribution in [0.3, 0.4) is 0 Å². The molecule has 24 heavy (non-hydrogen) atoms. The number of anilines is 1. The molecule has 0 unspecified atom stereocenters. The maximum absolute atomic E-state index is 11.9.